The molecule has 0 spiro atoms. The standard InChI is InChI=1S/C14H22N2O4/c1-9(8-18-3)16(2)14(17)10-6-12(19-4)13(20-5)7-11(10)15/h6-7,9H,8,15H2,1-5H3. The van der Waals surface area contributed by atoms with E-state index in [1.807, 2.05) is 6.92 Å². The molecule has 0 bridgehead atoms. The zero-order valence-electron chi connectivity index (χ0n) is 12.6. The lowest BCUT2D eigenvalue weighted by atomic mass is 10.1. The number of ether oxygens (including phenoxy) is 3. The molecule has 0 saturated carbocycles. The summed E-state index contributed by atoms with van der Waals surface area (Å²) in [6, 6.07) is 3.12. The van der Waals surface area contributed by atoms with E-state index in [9.17, 15) is 4.79 Å². The topological polar surface area (TPSA) is 74.0 Å². The minimum atomic E-state index is -0.187. The van der Waals surface area contributed by atoms with Crippen molar-refractivity contribution in [2.75, 3.05) is 40.7 Å². The molecule has 1 atom stereocenters. The molecular formula is C14H22N2O4. The van der Waals surface area contributed by atoms with Gasteiger partial charge >= 0.3 is 0 Å². The van der Waals surface area contributed by atoms with Crippen molar-refractivity contribution >= 4 is 11.6 Å². The van der Waals surface area contributed by atoms with Gasteiger partial charge in [-0.15, -0.1) is 0 Å². The smallest absolute Gasteiger partial charge is 0.256 e. The van der Waals surface area contributed by atoms with Crippen LogP contribution in [0.3, 0.4) is 0 Å². The van der Waals surface area contributed by atoms with Gasteiger partial charge in [0.15, 0.2) is 11.5 Å². The zero-order valence-corrected chi connectivity index (χ0v) is 12.6. The highest BCUT2D eigenvalue weighted by Crippen LogP contribution is 2.32. The Morgan fingerprint density at radius 3 is 2.30 bits per heavy atom. The first-order valence-corrected chi connectivity index (χ1v) is 6.23. The van der Waals surface area contributed by atoms with Crippen LogP contribution in [0.4, 0.5) is 5.69 Å². The van der Waals surface area contributed by atoms with Gasteiger partial charge in [-0.25, -0.2) is 0 Å². The number of hydrogen-bond donors (Lipinski definition) is 1. The number of benzene rings is 1. The highest BCUT2D eigenvalue weighted by atomic mass is 16.5. The maximum Gasteiger partial charge on any atom is 0.256 e. The number of amides is 1. The van der Waals surface area contributed by atoms with Crippen molar-refractivity contribution in [2.45, 2.75) is 13.0 Å². The van der Waals surface area contributed by atoms with Gasteiger partial charge in [-0.05, 0) is 13.0 Å². The van der Waals surface area contributed by atoms with Crippen LogP contribution in [0, 0.1) is 0 Å². The summed E-state index contributed by atoms with van der Waals surface area (Å²) in [6.45, 7) is 2.35. The van der Waals surface area contributed by atoms with Crippen LogP contribution in [-0.4, -0.2) is 51.8 Å². The van der Waals surface area contributed by atoms with Crippen LogP contribution in [0.5, 0.6) is 11.5 Å². The average molecular weight is 282 g/mol. The third-order valence-electron chi connectivity index (χ3n) is 3.18. The summed E-state index contributed by atoms with van der Waals surface area (Å²) in [5, 5.41) is 0. The van der Waals surface area contributed by atoms with Crippen molar-refractivity contribution in [3.63, 3.8) is 0 Å². The molecule has 1 aromatic rings. The second-order valence-electron chi connectivity index (χ2n) is 4.51. The average Bonchev–Trinajstić information content (AvgIpc) is 2.45. The second kappa shape index (κ2) is 7.00. The molecule has 0 heterocycles. The van der Waals surface area contributed by atoms with Crippen molar-refractivity contribution in [2.24, 2.45) is 0 Å². The number of nitrogens with zero attached hydrogens (tertiary/aromatic N) is 1. The predicted molar refractivity (Wildman–Crippen MR) is 77.4 cm³/mol. The highest BCUT2D eigenvalue weighted by molar-refractivity contribution is 6.00. The normalized spacial score (nSPS) is 11.8. The van der Waals surface area contributed by atoms with E-state index in [2.05, 4.69) is 0 Å². The van der Waals surface area contributed by atoms with Crippen LogP contribution in [0.1, 0.15) is 17.3 Å². The van der Waals surface area contributed by atoms with Crippen LogP contribution in [0.2, 0.25) is 0 Å². The van der Waals surface area contributed by atoms with Crippen LogP contribution in [0.25, 0.3) is 0 Å². The Balaban J connectivity index is 3.09. The van der Waals surface area contributed by atoms with Crippen molar-refractivity contribution in [1.29, 1.82) is 0 Å². The van der Waals surface area contributed by atoms with E-state index in [-0.39, 0.29) is 11.9 Å². The zero-order chi connectivity index (χ0) is 15.3. The van der Waals surface area contributed by atoms with Gasteiger partial charge in [-0.1, -0.05) is 0 Å². The number of nitrogens with two attached hydrogens (primary N) is 1. The number of rotatable bonds is 6. The molecule has 20 heavy (non-hydrogen) atoms. The van der Waals surface area contributed by atoms with Gasteiger partial charge in [0.05, 0.1) is 32.4 Å². The molecule has 112 valence electrons. The first-order valence-electron chi connectivity index (χ1n) is 6.23. The maximum absolute atomic E-state index is 12.4. The van der Waals surface area contributed by atoms with Crippen LogP contribution >= 0.6 is 0 Å². The van der Waals surface area contributed by atoms with Crippen LogP contribution in [-0.2, 0) is 4.74 Å². The lowest BCUT2D eigenvalue weighted by Crippen LogP contribution is -2.38. The Hall–Kier alpha value is -1.95. The molecule has 0 aliphatic rings. The van der Waals surface area contributed by atoms with Gasteiger partial charge in [-0.3, -0.25) is 4.79 Å². The molecule has 0 aliphatic carbocycles. The molecular weight excluding hydrogens is 260 g/mol. The molecule has 6 heteroatoms. The van der Waals surface area contributed by atoms with Crippen LogP contribution < -0.4 is 15.2 Å². The third kappa shape index (κ3) is 3.33. The van der Waals surface area contributed by atoms with Gasteiger partial charge < -0.3 is 24.8 Å². The molecule has 1 rings (SSSR count). The summed E-state index contributed by atoms with van der Waals surface area (Å²) >= 11 is 0. The lowest BCUT2D eigenvalue weighted by Gasteiger charge is -2.25. The Morgan fingerprint density at radius 2 is 1.80 bits per heavy atom. The van der Waals surface area contributed by atoms with E-state index in [1.54, 1.807) is 31.2 Å². The number of methoxy groups -OCH3 is 3. The molecule has 0 saturated heterocycles. The Bertz CT molecular complexity index is 476. The van der Waals surface area contributed by atoms with E-state index in [4.69, 9.17) is 19.9 Å². The molecule has 1 unspecified atom stereocenters. The number of hydrogen-bond acceptors (Lipinski definition) is 5. The number of carbonyl (C=O) groups excluding carboxylic acids is 1. The summed E-state index contributed by atoms with van der Waals surface area (Å²) in [5.74, 6) is 0.778. The third-order valence-corrected chi connectivity index (χ3v) is 3.18. The Morgan fingerprint density at radius 1 is 1.25 bits per heavy atom. The summed E-state index contributed by atoms with van der Waals surface area (Å²) < 4.78 is 15.4. The predicted octanol–water partition coefficient (Wildman–Crippen LogP) is 1.39. The van der Waals surface area contributed by atoms with Crippen molar-refractivity contribution < 1.29 is 19.0 Å². The number of likely N-dealkylation sites (N-methyl/N-ethyl adjacent to an activating group) is 1. The minimum absolute atomic E-state index is 0.0556. The Labute approximate surface area is 119 Å². The van der Waals surface area contributed by atoms with Gasteiger partial charge in [0.1, 0.15) is 0 Å². The number of anilines is 1. The van der Waals surface area contributed by atoms with E-state index in [1.165, 1.54) is 14.2 Å². The second-order valence-corrected chi connectivity index (χ2v) is 4.51. The molecule has 0 radical (unpaired) electrons. The number of carbonyl (C=O) groups is 1. The monoisotopic (exact) mass is 282 g/mol. The molecule has 0 aromatic heterocycles. The molecule has 0 aliphatic heterocycles. The van der Waals surface area contributed by atoms with Crippen molar-refractivity contribution in [1.82, 2.24) is 4.90 Å². The first-order chi connectivity index (χ1) is 9.46. The minimum Gasteiger partial charge on any atom is -0.493 e. The fraction of sp³-hybridized carbons (Fsp3) is 0.500. The SMILES string of the molecule is COCC(C)N(C)C(=O)c1cc(OC)c(OC)cc1N. The highest BCUT2D eigenvalue weighted by Gasteiger charge is 2.21. The Kier molecular flexibility index (Phi) is 5.64. The molecule has 0 fully saturated rings. The molecule has 2 N–H and O–H groups in total. The summed E-state index contributed by atoms with van der Waals surface area (Å²) in [6.07, 6.45) is 0. The van der Waals surface area contributed by atoms with E-state index in [0.29, 0.717) is 29.4 Å². The summed E-state index contributed by atoms with van der Waals surface area (Å²) in [7, 11) is 6.34. The lowest BCUT2D eigenvalue weighted by molar-refractivity contribution is 0.0634. The summed E-state index contributed by atoms with van der Waals surface area (Å²) in [4.78, 5) is 14.0. The van der Waals surface area contributed by atoms with Crippen molar-refractivity contribution in [3.05, 3.63) is 17.7 Å². The van der Waals surface area contributed by atoms with Gasteiger partial charge in [0.2, 0.25) is 0 Å². The fourth-order valence-electron chi connectivity index (χ4n) is 1.82. The van der Waals surface area contributed by atoms with Gasteiger partial charge in [-0.2, -0.15) is 0 Å². The van der Waals surface area contributed by atoms with Gasteiger partial charge in [0, 0.05) is 25.9 Å². The quantitative estimate of drug-likeness (QED) is 0.798. The molecule has 1 amide bonds. The van der Waals surface area contributed by atoms with Crippen LogP contribution in [0.15, 0.2) is 12.1 Å². The van der Waals surface area contributed by atoms with E-state index < -0.39 is 0 Å². The van der Waals surface area contributed by atoms with E-state index >= 15 is 0 Å². The fourth-order valence-corrected chi connectivity index (χ4v) is 1.82. The molecule has 1 aromatic carbocycles. The maximum atomic E-state index is 12.4. The van der Waals surface area contributed by atoms with Crippen molar-refractivity contribution in [3.8, 4) is 11.5 Å². The first kappa shape index (κ1) is 16.1. The largest absolute Gasteiger partial charge is 0.493 e. The van der Waals surface area contributed by atoms with E-state index in [0.717, 1.165) is 0 Å². The molecule has 6 nitrogen and oxygen atoms in total. The number of nitrogen functional groups attached to an aromatic ring is 1. The summed E-state index contributed by atoms with van der Waals surface area (Å²) in [5.41, 5.74) is 6.65. The van der Waals surface area contributed by atoms with Gasteiger partial charge in [0.25, 0.3) is 5.91 Å².